The van der Waals surface area contributed by atoms with Gasteiger partial charge in [0.25, 0.3) is 0 Å². The third-order valence-electron chi connectivity index (χ3n) is 6.37. The molecule has 1 N–H and O–H groups in total. The number of carbonyl (C=O) groups excluding carboxylic acids is 2. The van der Waals surface area contributed by atoms with Gasteiger partial charge in [0, 0.05) is 6.54 Å². The lowest BCUT2D eigenvalue weighted by atomic mass is 10.1. The standard InChI is InChI=1S/C28H35NO7/c1-2-3-4-5-9-16-32-22-14-12-21(13-15-22)27(30)35-23-18-33-26-24(19-34-25(23)26)36-28(31)29-17-20-10-7-6-8-11-20/h6-8,10-15,23-26H,2-5,9,16-19H2,1H3,(H,29,31)/t23-,24+,25-,26-/m1/s1. The fraction of sp³-hybridized carbons (Fsp3) is 0.500. The topological polar surface area (TPSA) is 92.3 Å². The average molecular weight is 498 g/mol. The maximum absolute atomic E-state index is 12.7. The first-order valence-electron chi connectivity index (χ1n) is 12.8. The van der Waals surface area contributed by atoms with Crippen molar-refractivity contribution in [2.75, 3.05) is 19.8 Å². The van der Waals surface area contributed by atoms with Gasteiger partial charge < -0.3 is 29.0 Å². The van der Waals surface area contributed by atoms with E-state index in [2.05, 4.69) is 12.2 Å². The maximum atomic E-state index is 12.7. The molecule has 194 valence electrons. The molecule has 0 saturated carbocycles. The van der Waals surface area contributed by atoms with E-state index in [9.17, 15) is 9.59 Å². The summed E-state index contributed by atoms with van der Waals surface area (Å²) in [5.41, 5.74) is 1.40. The fourth-order valence-electron chi connectivity index (χ4n) is 4.37. The zero-order valence-electron chi connectivity index (χ0n) is 20.7. The van der Waals surface area contributed by atoms with Crippen molar-refractivity contribution in [3.8, 4) is 5.75 Å². The van der Waals surface area contributed by atoms with Gasteiger partial charge in [-0.3, -0.25) is 0 Å². The molecule has 0 unspecified atom stereocenters. The van der Waals surface area contributed by atoms with Crippen molar-refractivity contribution >= 4 is 12.1 Å². The molecular formula is C28H35NO7. The SMILES string of the molecule is CCCCCCCOc1ccc(C(=O)O[C@@H]2CO[C@H]3[C@@H]2OC[C@@H]3OC(=O)NCc2ccccc2)cc1. The molecule has 36 heavy (non-hydrogen) atoms. The van der Waals surface area contributed by atoms with Crippen molar-refractivity contribution in [2.24, 2.45) is 0 Å². The molecule has 2 aliphatic rings. The molecule has 0 spiro atoms. The van der Waals surface area contributed by atoms with E-state index in [1.807, 2.05) is 30.3 Å². The van der Waals surface area contributed by atoms with Gasteiger partial charge in [-0.15, -0.1) is 0 Å². The molecule has 2 saturated heterocycles. The number of carbonyl (C=O) groups is 2. The first kappa shape index (κ1) is 26.0. The van der Waals surface area contributed by atoms with Crippen molar-refractivity contribution in [3.63, 3.8) is 0 Å². The Morgan fingerprint density at radius 1 is 0.861 bits per heavy atom. The lowest BCUT2D eigenvalue weighted by Gasteiger charge is -2.17. The van der Waals surface area contributed by atoms with Crippen LogP contribution in [0.1, 0.15) is 54.9 Å². The van der Waals surface area contributed by atoms with E-state index in [4.69, 9.17) is 23.7 Å². The first-order valence-corrected chi connectivity index (χ1v) is 12.8. The Balaban J connectivity index is 1.19. The van der Waals surface area contributed by atoms with Crippen LogP contribution in [0.3, 0.4) is 0 Å². The summed E-state index contributed by atoms with van der Waals surface area (Å²) in [5, 5.41) is 2.73. The number of benzene rings is 2. The molecular weight excluding hydrogens is 462 g/mol. The van der Waals surface area contributed by atoms with Crippen molar-refractivity contribution < 1.29 is 33.3 Å². The zero-order valence-corrected chi connectivity index (χ0v) is 20.7. The fourth-order valence-corrected chi connectivity index (χ4v) is 4.37. The molecule has 2 heterocycles. The average Bonchev–Trinajstić information content (AvgIpc) is 3.49. The second kappa shape index (κ2) is 13.3. The predicted octanol–water partition coefficient (Wildman–Crippen LogP) is 4.65. The second-order valence-corrected chi connectivity index (χ2v) is 9.11. The van der Waals surface area contributed by atoms with Crippen LogP contribution < -0.4 is 10.1 Å². The van der Waals surface area contributed by atoms with E-state index in [1.165, 1.54) is 19.3 Å². The van der Waals surface area contributed by atoms with Crippen molar-refractivity contribution in [3.05, 3.63) is 65.7 Å². The van der Waals surface area contributed by atoms with E-state index in [0.717, 1.165) is 24.2 Å². The first-order chi connectivity index (χ1) is 17.6. The monoisotopic (exact) mass is 497 g/mol. The Labute approximate surface area is 212 Å². The van der Waals surface area contributed by atoms with Gasteiger partial charge in [-0.1, -0.05) is 62.9 Å². The van der Waals surface area contributed by atoms with Crippen LogP contribution in [0.5, 0.6) is 5.75 Å². The van der Waals surface area contributed by atoms with Crippen LogP contribution in [0.25, 0.3) is 0 Å². The zero-order chi connectivity index (χ0) is 25.2. The summed E-state index contributed by atoms with van der Waals surface area (Å²) in [7, 11) is 0. The molecule has 2 fully saturated rings. The normalized spacial score (nSPS) is 22.6. The minimum Gasteiger partial charge on any atom is -0.494 e. The molecule has 8 nitrogen and oxygen atoms in total. The third-order valence-corrected chi connectivity index (χ3v) is 6.37. The highest BCUT2D eigenvalue weighted by Crippen LogP contribution is 2.31. The Morgan fingerprint density at radius 2 is 1.53 bits per heavy atom. The summed E-state index contributed by atoms with van der Waals surface area (Å²) in [6.07, 6.45) is 3.27. The Kier molecular flexibility index (Phi) is 9.58. The number of rotatable bonds is 12. The van der Waals surface area contributed by atoms with Gasteiger partial charge in [0.15, 0.2) is 12.2 Å². The highest BCUT2D eigenvalue weighted by atomic mass is 16.7. The van der Waals surface area contributed by atoms with Crippen LogP contribution in [0.15, 0.2) is 54.6 Å². The Hall–Kier alpha value is -3.10. The van der Waals surface area contributed by atoms with E-state index in [-0.39, 0.29) is 13.2 Å². The minimum absolute atomic E-state index is 0.186. The van der Waals surface area contributed by atoms with Crippen LogP contribution in [0.2, 0.25) is 0 Å². The molecule has 1 amide bonds. The predicted molar refractivity (Wildman–Crippen MR) is 133 cm³/mol. The lowest BCUT2D eigenvalue weighted by Crippen LogP contribution is -2.38. The number of fused-ring (bicyclic) bond motifs is 1. The van der Waals surface area contributed by atoms with Gasteiger partial charge in [-0.05, 0) is 36.2 Å². The van der Waals surface area contributed by atoms with E-state index >= 15 is 0 Å². The Bertz CT molecular complexity index is 966. The summed E-state index contributed by atoms with van der Waals surface area (Å²) in [6.45, 7) is 3.60. The molecule has 2 aromatic rings. The van der Waals surface area contributed by atoms with Crippen LogP contribution in [0, 0.1) is 0 Å². The smallest absolute Gasteiger partial charge is 0.407 e. The summed E-state index contributed by atoms with van der Waals surface area (Å²) in [5.74, 6) is 0.278. The van der Waals surface area contributed by atoms with Crippen molar-refractivity contribution in [1.82, 2.24) is 5.32 Å². The second-order valence-electron chi connectivity index (χ2n) is 9.11. The molecule has 2 aromatic carbocycles. The van der Waals surface area contributed by atoms with Gasteiger partial charge in [0.2, 0.25) is 0 Å². The maximum Gasteiger partial charge on any atom is 0.407 e. The lowest BCUT2D eigenvalue weighted by molar-refractivity contribution is -0.0231. The number of alkyl carbamates (subject to hydrolysis) is 1. The number of esters is 1. The van der Waals surface area contributed by atoms with Crippen LogP contribution >= 0.6 is 0 Å². The summed E-state index contributed by atoms with van der Waals surface area (Å²) in [4.78, 5) is 24.9. The molecule has 0 aromatic heterocycles. The molecule has 0 bridgehead atoms. The molecule has 4 atom stereocenters. The number of hydrogen-bond acceptors (Lipinski definition) is 7. The minimum atomic E-state index is -0.567. The molecule has 0 radical (unpaired) electrons. The Morgan fingerprint density at radius 3 is 2.22 bits per heavy atom. The largest absolute Gasteiger partial charge is 0.494 e. The van der Waals surface area contributed by atoms with Crippen molar-refractivity contribution in [2.45, 2.75) is 70.0 Å². The van der Waals surface area contributed by atoms with Gasteiger partial charge in [0.1, 0.15) is 18.0 Å². The summed E-state index contributed by atoms with van der Waals surface area (Å²) in [6, 6.07) is 16.5. The van der Waals surface area contributed by atoms with Crippen LogP contribution in [-0.4, -0.2) is 56.3 Å². The molecule has 8 heteroatoms. The summed E-state index contributed by atoms with van der Waals surface area (Å²) < 4.78 is 28.5. The summed E-state index contributed by atoms with van der Waals surface area (Å²) >= 11 is 0. The molecule has 0 aliphatic carbocycles. The van der Waals surface area contributed by atoms with Gasteiger partial charge in [0.05, 0.1) is 25.4 Å². The number of amides is 1. The number of ether oxygens (including phenoxy) is 5. The van der Waals surface area contributed by atoms with Crippen LogP contribution in [0.4, 0.5) is 4.79 Å². The highest BCUT2D eigenvalue weighted by Gasteiger charge is 2.51. The highest BCUT2D eigenvalue weighted by molar-refractivity contribution is 5.89. The quantitative estimate of drug-likeness (QED) is 0.337. The third kappa shape index (κ3) is 7.21. The van der Waals surface area contributed by atoms with Gasteiger partial charge in [-0.2, -0.15) is 0 Å². The number of hydrogen-bond donors (Lipinski definition) is 1. The molecule has 2 aliphatic heterocycles. The molecule has 4 rings (SSSR count). The number of unbranched alkanes of at least 4 members (excludes halogenated alkanes) is 4. The van der Waals surface area contributed by atoms with E-state index in [0.29, 0.717) is 18.7 Å². The van der Waals surface area contributed by atoms with E-state index in [1.54, 1.807) is 24.3 Å². The van der Waals surface area contributed by atoms with Crippen molar-refractivity contribution in [1.29, 1.82) is 0 Å². The van der Waals surface area contributed by atoms with Gasteiger partial charge >= 0.3 is 12.1 Å². The van der Waals surface area contributed by atoms with Gasteiger partial charge in [-0.25, -0.2) is 9.59 Å². The van der Waals surface area contributed by atoms with E-state index < -0.39 is 36.5 Å². The number of nitrogens with one attached hydrogen (secondary N) is 1. The van der Waals surface area contributed by atoms with Crippen LogP contribution in [-0.2, 0) is 25.5 Å².